The zero-order valence-corrected chi connectivity index (χ0v) is 45.6. The summed E-state index contributed by atoms with van der Waals surface area (Å²) in [6.07, 6.45) is 68.5. The third-order valence-corrected chi connectivity index (χ3v) is 13.4. The quantitative estimate of drug-likeness (QED) is 0.0262. The van der Waals surface area contributed by atoms with Crippen molar-refractivity contribution < 1.29 is 28.6 Å². The van der Waals surface area contributed by atoms with E-state index in [2.05, 4.69) is 57.2 Å². The number of carbonyl (C=O) groups is 3. The first-order valence-electron chi connectivity index (χ1n) is 30.0. The first-order valence-corrected chi connectivity index (χ1v) is 30.0. The van der Waals surface area contributed by atoms with Gasteiger partial charge in [0.25, 0.3) is 0 Å². The van der Waals surface area contributed by atoms with Crippen LogP contribution in [-0.4, -0.2) is 37.2 Å². The number of unbranched alkanes of at least 4 members (excludes halogenated alkanes) is 38. The van der Waals surface area contributed by atoms with Crippen LogP contribution in [0.15, 0.2) is 36.5 Å². The number of allylic oxidation sites excluding steroid dienone is 6. The van der Waals surface area contributed by atoms with Gasteiger partial charge >= 0.3 is 17.9 Å². The summed E-state index contributed by atoms with van der Waals surface area (Å²) in [5, 5.41) is 0. The third-order valence-electron chi connectivity index (χ3n) is 13.4. The molecule has 0 saturated heterocycles. The van der Waals surface area contributed by atoms with Crippen molar-refractivity contribution in [3.05, 3.63) is 36.5 Å². The summed E-state index contributed by atoms with van der Waals surface area (Å²) in [7, 11) is 0. The molecule has 68 heavy (non-hydrogen) atoms. The van der Waals surface area contributed by atoms with Gasteiger partial charge in [-0.1, -0.05) is 263 Å². The van der Waals surface area contributed by atoms with E-state index in [1.165, 1.54) is 205 Å². The van der Waals surface area contributed by atoms with E-state index in [0.717, 1.165) is 77.0 Å². The molecule has 0 spiro atoms. The SMILES string of the molecule is CCCCC/C=C\CCCCCCCC(=O)OCC(COC(=O)CCCCCCCCCCCCCCCCCCCCCC)OC(=O)CCCCCCCCC/C=C\C/C=C\CCCCCC. The smallest absolute Gasteiger partial charge is 0.306 e. The monoisotopic (exact) mass is 955 g/mol. The first kappa shape index (κ1) is 65.6. The Kier molecular flexibility index (Phi) is 55.2. The third kappa shape index (κ3) is 54.6. The minimum absolute atomic E-state index is 0.0743. The Bertz CT molecular complexity index is 1140. The van der Waals surface area contributed by atoms with Gasteiger partial charge in [0, 0.05) is 19.3 Å². The Balaban J connectivity index is 4.30. The van der Waals surface area contributed by atoms with E-state index in [1.54, 1.807) is 0 Å². The normalized spacial score (nSPS) is 12.2. The average molecular weight is 956 g/mol. The average Bonchev–Trinajstić information content (AvgIpc) is 3.34. The fourth-order valence-electron chi connectivity index (χ4n) is 8.82. The highest BCUT2D eigenvalue weighted by Crippen LogP contribution is 2.17. The highest BCUT2D eigenvalue weighted by atomic mass is 16.6. The van der Waals surface area contributed by atoms with E-state index in [9.17, 15) is 14.4 Å². The Morgan fingerprint density at radius 3 is 0.868 bits per heavy atom. The first-order chi connectivity index (χ1) is 33.5. The van der Waals surface area contributed by atoms with Gasteiger partial charge in [-0.25, -0.2) is 0 Å². The highest BCUT2D eigenvalue weighted by Gasteiger charge is 2.19. The van der Waals surface area contributed by atoms with Crippen LogP contribution >= 0.6 is 0 Å². The minimum atomic E-state index is -0.777. The second kappa shape index (κ2) is 57.2. The molecule has 0 fully saturated rings. The largest absolute Gasteiger partial charge is 0.462 e. The van der Waals surface area contributed by atoms with Crippen LogP contribution in [0.2, 0.25) is 0 Å². The van der Waals surface area contributed by atoms with Crippen LogP contribution in [0.25, 0.3) is 0 Å². The molecule has 0 aromatic heterocycles. The summed E-state index contributed by atoms with van der Waals surface area (Å²) in [5.41, 5.74) is 0. The molecule has 0 heterocycles. The van der Waals surface area contributed by atoms with Crippen LogP contribution in [0.5, 0.6) is 0 Å². The summed E-state index contributed by atoms with van der Waals surface area (Å²) in [6, 6.07) is 0. The maximum Gasteiger partial charge on any atom is 0.306 e. The van der Waals surface area contributed by atoms with Crippen molar-refractivity contribution in [2.24, 2.45) is 0 Å². The number of hydrogen-bond donors (Lipinski definition) is 0. The van der Waals surface area contributed by atoms with E-state index in [-0.39, 0.29) is 31.1 Å². The summed E-state index contributed by atoms with van der Waals surface area (Å²) < 4.78 is 16.9. The zero-order valence-electron chi connectivity index (χ0n) is 45.6. The van der Waals surface area contributed by atoms with E-state index < -0.39 is 6.10 Å². The molecule has 1 atom stereocenters. The summed E-state index contributed by atoms with van der Waals surface area (Å²) in [6.45, 7) is 6.63. The van der Waals surface area contributed by atoms with Gasteiger partial charge in [0.05, 0.1) is 0 Å². The number of carbonyl (C=O) groups excluding carboxylic acids is 3. The van der Waals surface area contributed by atoms with Crippen molar-refractivity contribution in [1.29, 1.82) is 0 Å². The number of hydrogen-bond acceptors (Lipinski definition) is 6. The standard InChI is InChI=1S/C62H114O6/c1-4-7-10-13-16-19-22-25-27-29-31-32-34-35-37-40-43-46-49-52-55-61(64)67-58-59(57-66-60(63)54-51-48-45-42-39-24-21-18-15-12-9-6-3)68-62(65)56-53-50-47-44-41-38-36-33-30-28-26-23-20-17-14-11-8-5-2/h18,20-21,23,28,30,59H,4-17,19,22,24-27,29,31-58H2,1-3H3/b21-18-,23-20-,30-28-. The van der Waals surface area contributed by atoms with Crippen LogP contribution in [0.3, 0.4) is 0 Å². The minimum Gasteiger partial charge on any atom is -0.462 e. The summed E-state index contributed by atoms with van der Waals surface area (Å²) in [4.78, 5) is 38.2. The van der Waals surface area contributed by atoms with Crippen LogP contribution in [0.1, 0.15) is 323 Å². The molecule has 6 nitrogen and oxygen atoms in total. The van der Waals surface area contributed by atoms with E-state index >= 15 is 0 Å². The molecule has 0 aromatic carbocycles. The van der Waals surface area contributed by atoms with Gasteiger partial charge in [-0.2, -0.15) is 0 Å². The molecule has 0 rings (SSSR count). The Labute approximate surface area is 423 Å². The molecule has 0 saturated carbocycles. The number of rotatable bonds is 55. The summed E-state index contributed by atoms with van der Waals surface area (Å²) in [5.74, 6) is -0.873. The second-order valence-corrected chi connectivity index (χ2v) is 20.3. The van der Waals surface area contributed by atoms with Gasteiger partial charge in [0.2, 0.25) is 0 Å². The molecule has 0 aliphatic heterocycles. The maximum atomic E-state index is 12.9. The molecule has 0 amide bonds. The van der Waals surface area contributed by atoms with Crippen molar-refractivity contribution in [2.45, 2.75) is 329 Å². The number of esters is 3. The van der Waals surface area contributed by atoms with Crippen molar-refractivity contribution in [1.82, 2.24) is 0 Å². The van der Waals surface area contributed by atoms with Crippen LogP contribution in [-0.2, 0) is 28.6 Å². The molecule has 0 radical (unpaired) electrons. The fourth-order valence-corrected chi connectivity index (χ4v) is 8.82. The van der Waals surface area contributed by atoms with Crippen LogP contribution < -0.4 is 0 Å². The van der Waals surface area contributed by atoms with Crippen LogP contribution in [0, 0.1) is 0 Å². The summed E-state index contributed by atoms with van der Waals surface area (Å²) >= 11 is 0. The Morgan fingerprint density at radius 2 is 0.529 bits per heavy atom. The predicted octanol–water partition coefficient (Wildman–Crippen LogP) is 20.0. The molecule has 6 heteroatoms. The van der Waals surface area contributed by atoms with Gasteiger partial charge in [-0.3, -0.25) is 14.4 Å². The molecule has 0 aliphatic rings. The van der Waals surface area contributed by atoms with Gasteiger partial charge < -0.3 is 14.2 Å². The topological polar surface area (TPSA) is 78.9 Å². The van der Waals surface area contributed by atoms with E-state index in [4.69, 9.17) is 14.2 Å². The van der Waals surface area contributed by atoms with E-state index in [0.29, 0.717) is 19.3 Å². The lowest BCUT2D eigenvalue weighted by Crippen LogP contribution is -2.30. The molecule has 0 aromatic rings. The van der Waals surface area contributed by atoms with Gasteiger partial charge in [-0.05, 0) is 77.0 Å². The predicted molar refractivity (Wildman–Crippen MR) is 293 cm³/mol. The van der Waals surface area contributed by atoms with Gasteiger partial charge in [0.15, 0.2) is 6.10 Å². The highest BCUT2D eigenvalue weighted by molar-refractivity contribution is 5.71. The van der Waals surface area contributed by atoms with Crippen molar-refractivity contribution >= 4 is 17.9 Å². The maximum absolute atomic E-state index is 12.9. The molecule has 0 aliphatic carbocycles. The Hall–Kier alpha value is -2.37. The lowest BCUT2D eigenvalue weighted by Gasteiger charge is -2.18. The molecule has 0 N–H and O–H groups in total. The number of ether oxygens (including phenoxy) is 3. The molecule has 0 bridgehead atoms. The van der Waals surface area contributed by atoms with Crippen molar-refractivity contribution in [3.63, 3.8) is 0 Å². The lowest BCUT2D eigenvalue weighted by atomic mass is 10.0. The van der Waals surface area contributed by atoms with Gasteiger partial charge in [0.1, 0.15) is 13.2 Å². The lowest BCUT2D eigenvalue weighted by molar-refractivity contribution is -0.167. The molecular formula is C62H114O6. The molecule has 398 valence electrons. The Morgan fingerprint density at radius 1 is 0.294 bits per heavy atom. The van der Waals surface area contributed by atoms with Crippen molar-refractivity contribution in [3.8, 4) is 0 Å². The van der Waals surface area contributed by atoms with Crippen molar-refractivity contribution in [2.75, 3.05) is 13.2 Å². The van der Waals surface area contributed by atoms with E-state index in [1.807, 2.05) is 0 Å². The second-order valence-electron chi connectivity index (χ2n) is 20.3. The molecular weight excluding hydrogens is 841 g/mol. The van der Waals surface area contributed by atoms with Gasteiger partial charge in [-0.15, -0.1) is 0 Å². The zero-order chi connectivity index (χ0) is 49.3. The molecule has 1 unspecified atom stereocenters. The van der Waals surface area contributed by atoms with Crippen LogP contribution in [0.4, 0.5) is 0 Å². The fraction of sp³-hybridized carbons (Fsp3) is 0.855.